The van der Waals surface area contributed by atoms with Crippen LogP contribution >= 0.6 is 11.6 Å². The molecule has 8 heteroatoms. The van der Waals surface area contributed by atoms with Gasteiger partial charge >= 0.3 is 0 Å². The van der Waals surface area contributed by atoms with Crippen LogP contribution in [0.1, 0.15) is 29.9 Å². The lowest BCUT2D eigenvalue weighted by molar-refractivity contribution is 0.0984. The van der Waals surface area contributed by atoms with E-state index in [1.165, 1.54) is 12.1 Å². The van der Waals surface area contributed by atoms with E-state index in [0.717, 1.165) is 0 Å². The van der Waals surface area contributed by atoms with E-state index in [4.69, 9.17) is 25.6 Å². The Morgan fingerprint density at radius 3 is 2.77 bits per heavy atom. The molecule has 1 aliphatic rings. The number of halogens is 2. The summed E-state index contributed by atoms with van der Waals surface area (Å²) in [6.07, 6.45) is 1.92. The molecule has 6 nitrogen and oxygen atoms in total. The number of hydrogen-bond donors (Lipinski definition) is 0. The summed E-state index contributed by atoms with van der Waals surface area (Å²) in [6.45, 7) is 0.507. The van der Waals surface area contributed by atoms with Crippen molar-refractivity contribution in [2.75, 3.05) is 6.61 Å². The highest BCUT2D eigenvalue weighted by Gasteiger charge is 2.36. The normalized spacial score (nSPS) is 18.3. The quantitative estimate of drug-likeness (QED) is 0.383. The second-order valence-electron chi connectivity index (χ2n) is 7.09. The lowest BCUT2D eigenvalue weighted by atomic mass is 9.95. The number of para-hydroxylation sites is 1. The molecule has 0 spiro atoms. The van der Waals surface area contributed by atoms with Crippen LogP contribution in [0.4, 0.5) is 4.39 Å². The molecule has 156 valence electrons. The van der Waals surface area contributed by atoms with Gasteiger partial charge in [0.05, 0.1) is 22.6 Å². The van der Waals surface area contributed by atoms with Gasteiger partial charge in [-0.3, -0.25) is 0 Å². The van der Waals surface area contributed by atoms with Crippen LogP contribution in [0.15, 0.2) is 71.4 Å². The lowest BCUT2D eigenvalue weighted by Gasteiger charge is -2.16. The Morgan fingerprint density at radius 1 is 1.06 bits per heavy atom. The highest BCUT2D eigenvalue weighted by atomic mass is 35.5. The van der Waals surface area contributed by atoms with Crippen LogP contribution in [0, 0.1) is 5.82 Å². The van der Waals surface area contributed by atoms with E-state index in [2.05, 4.69) is 15.1 Å². The van der Waals surface area contributed by atoms with Gasteiger partial charge < -0.3 is 14.0 Å². The minimum Gasteiger partial charge on any atom is -0.438 e. The van der Waals surface area contributed by atoms with Crippen molar-refractivity contribution in [3.63, 3.8) is 0 Å². The Bertz CT molecular complexity index is 1200. The highest BCUT2D eigenvalue weighted by molar-refractivity contribution is 6.30. The first-order valence-corrected chi connectivity index (χ1v) is 10.2. The molecule has 0 aliphatic carbocycles. The Hall–Kier alpha value is -3.29. The maximum Gasteiger partial charge on any atom is 0.233 e. The zero-order chi connectivity index (χ0) is 21.2. The molecule has 31 heavy (non-hydrogen) atoms. The number of ether oxygens (including phenoxy) is 2. The maximum absolute atomic E-state index is 14.0. The number of benzene rings is 2. The van der Waals surface area contributed by atoms with Crippen LogP contribution in [-0.2, 0) is 4.74 Å². The number of aromatic nitrogens is 3. The first-order chi connectivity index (χ1) is 15.2. The van der Waals surface area contributed by atoms with Gasteiger partial charge in [0.2, 0.25) is 17.6 Å². The molecule has 4 aromatic rings. The van der Waals surface area contributed by atoms with Crippen molar-refractivity contribution < 1.29 is 18.4 Å². The van der Waals surface area contributed by atoms with Gasteiger partial charge in [-0.25, -0.2) is 9.37 Å². The summed E-state index contributed by atoms with van der Waals surface area (Å²) in [5.74, 6) is 1.12. The standard InChI is InChI=1S/C23H17ClFN3O3/c24-18-9-8-14(13-19(18)25)20-16(10-12-29-20)23-27-21(28-31-23)17-7-4-11-26-22(17)30-15-5-2-1-3-6-15/h1-9,11,13,16,20H,10,12H2. The molecule has 0 amide bonds. The number of pyridine rings is 1. The fourth-order valence-corrected chi connectivity index (χ4v) is 3.72. The summed E-state index contributed by atoms with van der Waals surface area (Å²) in [5, 5.41) is 4.21. The number of nitrogens with zero attached hydrogens (tertiary/aromatic N) is 3. The predicted molar refractivity (Wildman–Crippen MR) is 112 cm³/mol. The van der Waals surface area contributed by atoms with E-state index in [9.17, 15) is 4.39 Å². The van der Waals surface area contributed by atoms with Crippen LogP contribution < -0.4 is 4.74 Å². The molecule has 2 unspecified atom stereocenters. The first-order valence-electron chi connectivity index (χ1n) is 9.77. The zero-order valence-corrected chi connectivity index (χ0v) is 17.0. The molecule has 3 heterocycles. The molecule has 0 radical (unpaired) electrons. The number of hydrogen-bond acceptors (Lipinski definition) is 6. The van der Waals surface area contributed by atoms with Gasteiger partial charge in [0.15, 0.2) is 0 Å². The molecule has 0 saturated carbocycles. The molecule has 5 rings (SSSR count). The summed E-state index contributed by atoms with van der Waals surface area (Å²) >= 11 is 5.81. The minimum atomic E-state index is -0.488. The van der Waals surface area contributed by atoms with Crippen LogP contribution in [-0.4, -0.2) is 21.7 Å². The second-order valence-corrected chi connectivity index (χ2v) is 7.49. The smallest absolute Gasteiger partial charge is 0.233 e. The summed E-state index contributed by atoms with van der Waals surface area (Å²) in [6, 6.07) is 17.6. The van der Waals surface area contributed by atoms with Gasteiger partial charge in [-0.1, -0.05) is 41.0 Å². The zero-order valence-electron chi connectivity index (χ0n) is 16.2. The van der Waals surface area contributed by atoms with Crippen LogP contribution in [0.25, 0.3) is 11.4 Å². The van der Waals surface area contributed by atoms with Crippen LogP contribution in [0.5, 0.6) is 11.6 Å². The molecular formula is C23H17ClFN3O3. The average Bonchev–Trinajstić information content (AvgIpc) is 3.46. The van der Waals surface area contributed by atoms with E-state index in [1.807, 2.05) is 36.4 Å². The summed E-state index contributed by atoms with van der Waals surface area (Å²) in [4.78, 5) is 8.90. The lowest BCUT2D eigenvalue weighted by Crippen LogP contribution is -2.07. The molecule has 1 aliphatic heterocycles. The molecule has 2 aromatic carbocycles. The Morgan fingerprint density at radius 2 is 1.94 bits per heavy atom. The topological polar surface area (TPSA) is 70.3 Å². The second kappa shape index (κ2) is 8.45. The molecule has 0 N–H and O–H groups in total. The maximum atomic E-state index is 14.0. The fraction of sp³-hybridized carbons (Fsp3) is 0.174. The van der Waals surface area contributed by atoms with E-state index in [0.29, 0.717) is 47.5 Å². The van der Waals surface area contributed by atoms with Crippen LogP contribution in [0.2, 0.25) is 5.02 Å². The van der Waals surface area contributed by atoms with Crippen molar-refractivity contribution in [3.8, 4) is 23.0 Å². The third-order valence-electron chi connectivity index (χ3n) is 5.09. The van der Waals surface area contributed by atoms with Gasteiger partial charge in [0.25, 0.3) is 0 Å². The van der Waals surface area contributed by atoms with E-state index in [-0.39, 0.29) is 10.9 Å². The molecule has 2 aromatic heterocycles. The fourth-order valence-electron chi connectivity index (χ4n) is 3.60. The number of rotatable bonds is 5. The van der Waals surface area contributed by atoms with Crippen molar-refractivity contribution in [1.29, 1.82) is 0 Å². The van der Waals surface area contributed by atoms with Gasteiger partial charge in [-0.15, -0.1) is 0 Å². The van der Waals surface area contributed by atoms with Crippen molar-refractivity contribution in [3.05, 3.63) is 89.2 Å². The molecule has 1 saturated heterocycles. The van der Waals surface area contributed by atoms with Gasteiger partial charge in [-0.05, 0) is 48.4 Å². The molecule has 1 fully saturated rings. The summed E-state index contributed by atoms with van der Waals surface area (Å²) in [7, 11) is 0. The highest BCUT2D eigenvalue weighted by Crippen LogP contribution is 2.42. The monoisotopic (exact) mass is 437 g/mol. The predicted octanol–water partition coefficient (Wildman–Crippen LogP) is 5.96. The van der Waals surface area contributed by atoms with Gasteiger partial charge in [0, 0.05) is 12.8 Å². The van der Waals surface area contributed by atoms with E-state index < -0.39 is 11.9 Å². The van der Waals surface area contributed by atoms with Crippen molar-refractivity contribution in [1.82, 2.24) is 15.1 Å². The van der Waals surface area contributed by atoms with Crippen molar-refractivity contribution in [2.24, 2.45) is 0 Å². The minimum absolute atomic E-state index is 0.0703. The van der Waals surface area contributed by atoms with Crippen molar-refractivity contribution >= 4 is 11.6 Å². The summed E-state index contributed by atoms with van der Waals surface area (Å²) < 4.78 is 31.3. The van der Waals surface area contributed by atoms with Gasteiger partial charge in [-0.2, -0.15) is 4.98 Å². The van der Waals surface area contributed by atoms with E-state index in [1.54, 1.807) is 18.3 Å². The summed E-state index contributed by atoms with van der Waals surface area (Å²) in [5.41, 5.74) is 1.29. The SMILES string of the molecule is Fc1cc(C2OCCC2c2nc(-c3cccnc3Oc3ccccc3)no2)ccc1Cl. The molecular weight excluding hydrogens is 421 g/mol. The van der Waals surface area contributed by atoms with Gasteiger partial charge in [0.1, 0.15) is 11.6 Å². The third-order valence-corrected chi connectivity index (χ3v) is 5.40. The Kier molecular flexibility index (Phi) is 5.36. The van der Waals surface area contributed by atoms with Crippen LogP contribution in [0.3, 0.4) is 0 Å². The first kappa shape index (κ1) is 19.7. The van der Waals surface area contributed by atoms with E-state index >= 15 is 0 Å². The Balaban J connectivity index is 1.43. The van der Waals surface area contributed by atoms with Crippen molar-refractivity contribution in [2.45, 2.75) is 18.4 Å². The molecule has 0 bridgehead atoms. The third kappa shape index (κ3) is 4.02. The molecule has 2 atom stereocenters. The average molecular weight is 438 g/mol. The Labute approximate surface area is 182 Å². The largest absolute Gasteiger partial charge is 0.438 e.